The molecule has 2 aromatic rings. The van der Waals surface area contributed by atoms with Gasteiger partial charge in [0.1, 0.15) is 0 Å². The number of amides is 4. The van der Waals surface area contributed by atoms with E-state index in [1.807, 2.05) is 10.9 Å². The smallest absolute Gasteiger partial charge is 0.318 e. The number of carbonyl (C=O) groups excluding carboxylic acids is 3. The van der Waals surface area contributed by atoms with Crippen LogP contribution >= 0.6 is 46.4 Å². The number of benzene rings is 2. The van der Waals surface area contributed by atoms with Crippen molar-refractivity contribution in [2.24, 2.45) is 0 Å². The van der Waals surface area contributed by atoms with Crippen molar-refractivity contribution in [1.29, 1.82) is 0 Å². The maximum atomic E-state index is 11.8. The van der Waals surface area contributed by atoms with Gasteiger partial charge in [-0.25, -0.2) is 10.2 Å². The van der Waals surface area contributed by atoms with E-state index >= 15 is 0 Å². The Kier molecular flexibility index (Phi) is 6.93. The van der Waals surface area contributed by atoms with Crippen molar-refractivity contribution in [2.45, 2.75) is 0 Å². The van der Waals surface area contributed by atoms with E-state index in [0.717, 1.165) is 0 Å². The molecule has 136 valence electrons. The quantitative estimate of drug-likeness (QED) is 0.422. The van der Waals surface area contributed by atoms with E-state index in [-0.39, 0.29) is 15.7 Å². The van der Waals surface area contributed by atoms with Crippen LogP contribution in [-0.4, -0.2) is 17.8 Å². The second kappa shape index (κ2) is 8.95. The Hall–Kier alpha value is -2.19. The van der Waals surface area contributed by atoms with Crippen molar-refractivity contribution >= 4 is 75.6 Å². The highest BCUT2D eigenvalue weighted by Crippen LogP contribution is 2.25. The lowest BCUT2D eigenvalue weighted by molar-refractivity contribution is -0.136. The van der Waals surface area contributed by atoms with Gasteiger partial charge in [0, 0.05) is 11.4 Å². The Balaban J connectivity index is 1.84. The molecular weight excluding hydrogens is 426 g/mol. The fourth-order valence-electron chi connectivity index (χ4n) is 1.67. The molecule has 0 aliphatic rings. The molecule has 2 rings (SSSR count). The Bertz CT molecular complexity index is 876. The summed E-state index contributed by atoms with van der Waals surface area (Å²) in [5, 5.41) is 5.78. The second-order valence-corrected chi connectivity index (χ2v) is 6.37. The summed E-state index contributed by atoms with van der Waals surface area (Å²) in [4.78, 5) is 35.1. The fraction of sp³-hybridized carbons (Fsp3) is 0. The van der Waals surface area contributed by atoms with Crippen LogP contribution in [0.4, 0.5) is 16.2 Å². The molecule has 0 bridgehead atoms. The van der Waals surface area contributed by atoms with Crippen LogP contribution in [0.15, 0.2) is 36.4 Å². The lowest BCUT2D eigenvalue weighted by Crippen LogP contribution is -2.48. The van der Waals surface area contributed by atoms with E-state index in [4.69, 9.17) is 46.4 Å². The number of halogens is 4. The van der Waals surface area contributed by atoms with Gasteiger partial charge in [0.15, 0.2) is 0 Å². The summed E-state index contributed by atoms with van der Waals surface area (Å²) in [5.74, 6) is -2.11. The Morgan fingerprint density at radius 1 is 0.615 bits per heavy atom. The highest BCUT2D eigenvalue weighted by atomic mass is 35.5. The van der Waals surface area contributed by atoms with Gasteiger partial charge in [0.2, 0.25) is 0 Å². The standard InChI is InChI=1S/C15H10Cl4N4O3/c16-9-3-1-7(5-11(9)18)20-13(24)14(25)22-23-15(26)21-8-2-4-10(17)12(19)6-8/h1-6H,(H,20,24)(H,22,25)(H2,21,23,26). The topological polar surface area (TPSA) is 99.3 Å². The third-order valence-electron chi connectivity index (χ3n) is 2.85. The first-order chi connectivity index (χ1) is 12.3. The first-order valence-electron chi connectivity index (χ1n) is 6.84. The van der Waals surface area contributed by atoms with Gasteiger partial charge in [0.25, 0.3) is 0 Å². The maximum Gasteiger partial charge on any atom is 0.337 e. The van der Waals surface area contributed by atoms with E-state index in [0.29, 0.717) is 15.7 Å². The van der Waals surface area contributed by atoms with E-state index in [1.165, 1.54) is 36.4 Å². The molecule has 0 unspecified atom stereocenters. The number of rotatable bonds is 2. The van der Waals surface area contributed by atoms with Gasteiger partial charge in [-0.3, -0.25) is 15.0 Å². The minimum absolute atomic E-state index is 0.212. The van der Waals surface area contributed by atoms with Crippen molar-refractivity contribution in [3.05, 3.63) is 56.5 Å². The number of hydrogen-bond donors (Lipinski definition) is 4. The highest BCUT2D eigenvalue weighted by molar-refractivity contribution is 6.43. The summed E-state index contributed by atoms with van der Waals surface area (Å²) in [6.45, 7) is 0. The van der Waals surface area contributed by atoms with E-state index in [2.05, 4.69) is 10.6 Å². The third-order valence-corrected chi connectivity index (χ3v) is 4.33. The molecule has 4 amide bonds. The Morgan fingerprint density at radius 3 is 1.62 bits per heavy atom. The molecule has 4 N–H and O–H groups in total. The van der Waals surface area contributed by atoms with Crippen molar-refractivity contribution < 1.29 is 14.4 Å². The summed E-state index contributed by atoms with van der Waals surface area (Å²) < 4.78 is 0. The molecule has 0 radical (unpaired) electrons. The summed E-state index contributed by atoms with van der Waals surface area (Å²) in [5.41, 5.74) is 4.57. The summed E-state index contributed by atoms with van der Waals surface area (Å²) in [6, 6.07) is 7.92. The van der Waals surface area contributed by atoms with Gasteiger partial charge in [0.05, 0.1) is 20.1 Å². The van der Waals surface area contributed by atoms with E-state index in [1.54, 1.807) is 0 Å². The molecule has 0 aliphatic carbocycles. The van der Waals surface area contributed by atoms with Crippen LogP contribution < -0.4 is 21.5 Å². The van der Waals surface area contributed by atoms with Gasteiger partial charge in [-0.15, -0.1) is 0 Å². The maximum absolute atomic E-state index is 11.8. The van der Waals surface area contributed by atoms with E-state index in [9.17, 15) is 14.4 Å². The fourth-order valence-corrected chi connectivity index (χ4v) is 2.26. The second-order valence-electron chi connectivity index (χ2n) is 4.75. The van der Waals surface area contributed by atoms with Crippen molar-refractivity contribution in [3.63, 3.8) is 0 Å². The predicted molar refractivity (Wildman–Crippen MR) is 102 cm³/mol. The zero-order chi connectivity index (χ0) is 19.3. The minimum atomic E-state index is -1.10. The zero-order valence-electron chi connectivity index (χ0n) is 12.7. The molecule has 0 saturated heterocycles. The lowest BCUT2D eigenvalue weighted by atomic mass is 10.3. The molecule has 7 nitrogen and oxygen atoms in total. The van der Waals surface area contributed by atoms with Crippen LogP contribution in [0.25, 0.3) is 0 Å². The number of carbonyl (C=O) groups is 3. The molecule has 0 heterocycles. The highest BCUT2D eigenvalue weighted by Gasteiger charge is 2.15. The number of hydrazine groups is 1. The lowest BCUT2D eigenvalue weighted by Gasteiger charge is -2.10. The predicted octanol–water partition coefficient (Wildman–Crippen LogP) is 4.09. The number of urea groups is 1. The Labute approximate surface area is 167 Å². The largest absolute Gasteiger partial charge is 0.337 e. The van der Waals surface area contributed by atoms with Crippen molar-refractivity contribution in [2.75, 3.05) is 10.6 Å². The van der Waals surface area contributed by atoms with Gasteiger partial charge < -0.3 is 10.6 Å². The van der Waals surface area contributed by atoms with Crippen LogP contribution in [0.1, 0.15) is 0 Å². The first-order valence-corrected chi connectivity index (χ1v) is 8.36. The number of nitrogens with one attached hydrogen (secondary N) is 4. The van der Waals surface area contributed by atoms with Crippen LogP contribution in [0.5, 0.6) is 0 Å². The summed E-state index contributed by atoms with van der Waals surface area (Å²) >= 11 is 23.1. The third kappa shape index (κ3) is 5.67. The van der Waals surface area contributed by atoms with Crippen molar-refractivity contribution in [3.8, 4) is 0 Å². The molecule has 0 atom stereocenters. The molecule has 0 spiro atoms. The van der Waals surface area contributed by atoms with Gasteiger partial charge in [-0.1, -0.05) is 46.4 Å². The van der Waals surface area contributed by atoms with Gasteiger partial charge in [-0.05, 0) is 36.4 Å². The number of hydrogen-bond acceptors (Lipinski definition) is 3. The molecule has 0 aromatic heterocycles. The molecule has 0 fully saturated rings. The van der Waals surface area contributed by atoms with Crippen molar-refractivity contribution in [1.82, 2.24) is 10.9 Å². The number of anilines is 2. The Morgan fingerprint density at radius 2 is 1.12 bits per heavy atom. The molecule has 26 heavy (non-hydrogen) atoms. The van der Waals surface area contributed by atoms with Gasteiger partial charge in [-0.2, -0.15) is 0 Å². The van der Waals surface area contributed by atoms with Gasteiger partial charge >= 0.3 is 17.8 Å². The normalized spacial score (nSPS) is 10.0. The van der Waals surface area contributed by atoms with Crippen LogP contribution in [0.2, 0.25) is 20.1 Å². The average molecular weight is 436 g/mol. The summed E-state index contributed by atoms with van der Waals surface area (Å²) in [6.07, 6.45) is 0. The molecular formula is C15H10Cl4N4O3. The van der Waals surface area contributed by atoms with Crippen LogP contribution in [-0.2, 0) is 9.59 Å². The summed E-state index contributed by atoms with van der Waals surface area (Å²) in [7, 11) is 0. The molecule has 0 saturated carbocycles. The molecule has 2 aromatic carbocycles. The average Bonchev–Trinajstić information content (AvgIpc) is 2.59. The monoisotopic (exact) mass is 434 g/mol. The zero-order valence-corrected chi connectivity index (χ0v) is 15.7. The minimum Gasteiger partial charge on any atom is -0.318 e. The van der Waals surface area contributed by atoms with Crippen LogP contribution in [0.3, 0.4) is 0 Å². The van der Waals surface area contributed by atoms with Crippen LogP contribution in [0, 0.1) is 0 Å². The SMILES string of the molecule is O=C(NNC(=O)C(=O)Nc1ccc(Cl)c(Cl)c1)Nc1ccc(Cl)c(Cl)c1. The van der Waals surface area contributed by atoms with E-state index < -0.39 is 17.8 Å². The first kappa shape index (κ1) is 20.1. The molecule has 0 aliphatic heterocycles. The molecule has 11 heteroatoms.